The minimum atomic E-state index is 0.925. The number of nitrogens with zero attached hydrogens (tertiary/aromatic N) is 3. The molecule has 4 heteroatoms. The van der Waals surface area contributed by atoms with E-state index in [0.29, 0.717) is 0 Å². The van der Waals surface area contributed by atoms with E-state index in [1.165, 1.54) is 37.2 Å². The fraction of sp³-hybridized carbons (Fsp3) is 0.800. The maximum Gasteiger partial charge on any atom is 0.128 e. The van der Waals surface area contributed by atoms with Crippen molar-refractivity contribution >= 4 is 5.82 Å². The Morgan fingerprint density at radius 1 is 1.42 bits per heavy atom. The van der Waals surface area contributed by atoms with Gasteiger partial charge in [0.05, 0.1) is 5.69 Å². The van der Waals surface area contributed by atoms with Crippen molar-refractivity contribution in [3.8, 4) is 0 Å². The molecule has 0 amide bonds. The van der Waals surface area contributed by atoms with E-state index in [2.05, 4.69) is 36.2 Å². The molecule has 2 rings (SSSR count). The molecule has 0 aliphatic heterocycles. The van der Waals surface area contributed by atoms with Crippen molar-refractivity contribution in [3.63, 3.8) is 0 Å². The molecule has 1 saturated carbocycles. The van der Waals surface area contributed by atoms with Crippen LogP contribution in [-0.4, -0.2) is 34.8 Å². The first kappa shape index (κ1) is 14.4. The zero-order chi connectivity index (χ0) is 13.8. The standard InChI is InChI=1S/C15H28N4/c1-5-9-16-15-14(12(2)17-19(15)4)11-18(3)10-13-7-6-8-13/h13,16H,5-11H2,1-4H3. The quantitative estimate of drug-likeness (QED) is 0.822. The van der Waals surface area contributed by atoms with E-state index in [1.54, 1.807) is 0 Å². The summed E-state index contributed by atoms with van der Waals surface area (Å²) in [5.74, 6) is 2.12. The molecule has 4 nitrogen and oxygen atoms in total. The summed E-state index contributed by atoms with van der Waals surface area (Å²) in [6.07, 6.45) is 5.39. The van der Waals surface area contributed by atoms with Crippen molar-refractivity contribution in [2.75, 3.05) is 25.5 Å². The van der Waals surface area contributed by atoms with Crippen molar-refractivity contribution in [3.05, 3.63) is 11.3 Å². The van der Waals surface area contributed by atoms with Gasteiger partial charge in [0.1, 0.15) is 5.82 Å². The highest BCUT2D eigenvalue weighted by molar-refractivity contribution is 5.47. The average molecular weight is 264 g/mol. The summed E-state index contributed by atoms with van der Waals surface area (Å²) in [5, 5.41) is 8.07. The first-order valence-corrected chi connectivity index (χ1v) is 7.56. The summed E-state index contributed by atoms with van der Waals surface area (Å²) in [5.41, 5.74) is 2.51. The first-order chi connectivity index (χ1) is 9.11. The zero-order valence-electron chi connectivity index (χ0n) is 12.9. The fourth-order valence-corrected chi connectivity index (χ4v) is 2.81. The van der Waals surface area contributed by atoms with Gasteiger partial charge in [-0.2, -0.15) is 5.10 Å². The van der Waals surface area contributed by atoms with Crippen LogP contribution in [0, 0.1) is 12.8 Å². The summed E-state index contributed by atoms with van der Waals surface area (Å²) >= 11 is 0. The Balaban J connectivity index is 2.00. The summed E-state index contributed by atoms with van der Waals surface area (Å²) in [4.78, 5) is 2.45. The smallest absolute Gasteiger partial charge is 0.128 e. The zero-order valence-corrected chi connectivity index (χ0v) is 12.9. The molecule has 108 valence electrons. The Labute approximate surface area is 117 Å². The number of aromatic nitrogens is 2. The van der Waals surface area contributed by atoms with Gasteiger partial charge in [0.25, 0.3) is 0 Å². The molecule has 19 heavy (non-hydrogen) atoms. The third kappa shape index (κ3) is 3.50. The fourth-order valence-electron chi connectivity index (χ4n) is 2.81. The third-order valence-electron chi connectivity index (χ3n) is 4.11. The van der Waals surface area contributed by atoms with Crippen LogP contribution in [0.3, 0.4) is 0 Å². The van der Waals surface area contributed by atoms with E-state index in [0.717, 1.165) is 31.1 Å². The van der Waals surface area contributed by atoms with Crippen LogP contribution in [0.1, 0.15) is 43.9 Å². The molecule has 1 heterocycles. The number of hydrogen-bond donors (Lipinski definition) is 1. The van der Waals surface area contributed by atoms with Crippen LogP contribution in [0.15, 0.2) is 0 Å². The number of hydrogen-bond acceptors (Lipinski definition) is 3. The summed E-state index contributed by atoms with van der Waals surface area (Å²) in [7, 11) is 4.26. The molecule has 0 aromatic carbocycles. The van der Waals surface area contributed by atoms with Crippen LogP contribution in [0.4, 0.5) is 5.82 Å². The Morgan fingerprint density at radius 3 is 2.74 bits per heavy atom. The van der Waals surface area contributed by atoms with Gasteiger partial charge in [-0.1, -0.05) is 13.3 Å². The lowest BCUT2D eigenvalue weighted by Gasteiger charge is -2.30. The first-order valence-electron chi connectivity index (χ1n) is 7.56. The van der Waals surface area contributed by atoms with E-state index in [9.17, 15) is 0 Å². The van der Waals surface area contributed by atoms with Crippen molar-refractivity contribution in [2.24, 2.45) is 13.0 Å². The van der Waals surface area contributed by atoms with Crippen LogP contribution < -0.4 is 5.32 Å². The maximum atomic E-state index is 4.56. The molecule has 0 atom stereocenters. The van der Waals surface area contributed by atoms with Gasteiger partial charge in [-0.05, 0) is 39.2 Å². The number of anilines is 1. The highest BCUT2D eigenvalue weighted by Gasteiger charge is 2.21. The normalized spacial score (nSPS) is 15.8. The van der Waals surface area contributed by atoms with Gasteiger partial charge in [0.2, 0.25) is 0 Å². The monoisotopic (exact) mass is 264 g/mol. The molecule has 1 aliphatic rings. The Kier molecular flexibility index (Phi) is 4.86. The van der Waals surface area contributed by atoms with Crippen molar-refractivity contribution in [2.45, 2.75) is 46.1 Å². The van der Waals surface area contributed by atoms with Gasteiger partial charge in [0.15, 0.2) is 0 Å². The van der Waals surface area contributed by atoms with E-state index in [-0.39, 0.29) is 0 Å². The van der Waals surface area contributed by atoms with Crippen LogP contribution in [-0.2, 0) is 13.6 Å². The molecule has 0 unspecified atom stereocenters. The second-order valence-electron chi connectivity index (χ2n) is 5.96. The predicted molar refractivity (Wildman–Crippen MR) is 80.4 cm³/mol. The molecule has 0 bridgehead atoms. The summed E-state index contributed by atoms with van der Waals surface area (Å²) in [6.45, 7) is 7.55. The van der Waals surface area contributed by atoms with Crippen LogP contribution in [0.5, 0.6) is 0 Å². The van der Waals surface area contributed by atoms with Crippen LogP contribution in [0.2, 0.25) is 0 Å². The van der Waals surface area contributed by atoms with Crippen molar-refractivity contribution < 1.29 is 0 Å². The number of rotatable bonds is 7. The number of nitrogens with one attached hydrogen (secondary N) is 1. The second kappa shape index (κ2) is 6.42. The molecular weight excluding hydrogens is 236 g/mol. The SMILES string of the molecule is CCCNc1c(CN(C)CC2CCC2)c(C)nn1C. The van der Waals surface area contributed by atoms with Gasteiger partial charge in [-0.3, -0.25) is 4.68 Å². The molecule has 0 spiro atoms. The van der Waals surface area contributed by atoms with Crippen molar-refractivity contribution in [1.29, 1.82) is 0 Å². The topological polar surface area (TPSA) is 33.1 Å². The largest absolute Gasteiger partial charge is 0.370 e. The van der Waals surface area contributed by atoms with Gasteiger partial charge in [0, 0.05) is 32.2 Å². The van der Waals surface area contributed by atoms with E-state index in [1.807, 2.05) is 11.7 Å². The third-order valence-corrected chi connectivity index (χ3v) is 4.11. The Morgan fingerprint density at radius 2 is 2.16 bits per heavy atom. The summed E-state index contributed by atoms with van der Waals surface area (Å²) in [6, 6.07) is 0. The van der Waals surface area contributed by atoms with Gasteiger partial charge >= 0.3 is 0 Å². The Hall–Kier alpha value is -1.03. The minimum absolute atomic E-state index is 0.925. The van der Waals surface area contributed by atoms with E-state index in [4.69, 9.17) is 0 Å². The highest BCUT2D eigenvalue weighted by Crippen LogP contribution is 2.28. The second-order valence-corrected chi connectivity index (χ2v) is 5.96. The highest BCUT2D eigenvalue weighted by atomic mass is 15.3. The molecule has 1 aromatic rings. The lowest BCUT2D eigenvalue weighted by molar-refractivity contribution is 0.200. The minimum Gasteiger partial charge on any atom is -0.370 e. The Bertz CT molecular complexity index is 407. The van der Waals surface area contributed by atoms with Crippen LogP contribution in [0.25, 0.3) is 0 Å². The van der Waals surface area contributed by atoms with E-state index < -0.39 is 0 Å². The van der Waals surface area contributed by atoms with Gasteiger partial charge < -0.3 is 10.2 Å². The van der Waals surface area contributed by atoms with Crippen molar-refractivity contribution in [1.82, 2.24) is 14.7 Å². The lowest BCUT2D eigenvalue weighted by atomic mass is 9.85. The van der Waals surface area contributed by atoms with Gasteiger partial charge in [-0.15, -0.1) is 0 Å². The molecule has 0 radical (unpaired) electrons. The molecule has 1 N–H and O–H groups in total. The maximum absolute atomic E-state index is 4.56. The number of aryl methyl sites for hydroxylation is 2. The predicted octanol–water partition coefficient (Wildman–Crippen LogP) is 2.78. The molecule has 1 aromatic heterocycles. The molecule has 1 aliphatic carbocycles. The molecule has 1 fully saturated rings. The molecule has 0 saturated heterocycles. The molecular formula is C15H28N4. The average Bonchev–Trinajstić information content (AvgIpc) is 2.57. The van der Waals surface area contributed by atoms with Gasteiger partial charge in [-0.25, -0.2) is 0 Å². The summed E-state index contributed by atoms with van der Waals surface area (Å²) < 4.78 is 1.98. The van der Waals surface area contributed by atoms with Crippen LogP contribution >= 0.6 is 0 Å². The van der Waals surface area contributed by atoms with E-state index >= 15 is 0 Å². The lowest BCUT2D eigenvalue weighted by Crippen LogP contribution is -2.29.